The van der Waals surface area contributed by atoms with Crippen molar-refractivity contribution < 1.29 is 4.42 Å². The van der Waals surface area contributed by atoms with E-state index in [0.717, 1.165) is 30.1 Å². The Hall–Kier alpha value is -1.63. The second kappa shape index (κ2) is 4.69. The number of nitrogens with zero attached hydrogens (tertiary/aromatic N) is 4. The van der Waals surface area contributed by atoms with Gasteiger partial charge in [-0.25, -0.2) is 0 Å². The summed E-state index contributed by atoms with van der Waals surface area (Å²) in [7, 11) is 2.16. The van der Waals surface area contributed by atoms with Crippen LogP contribution in [0.3, 0.4) is 0 Å². The van der Waals surface area contributed by atoms with Crippen molar-refractivity contribution in [2.24, 2.45) is 11.7 Å². The van der Waals surface area contributed by atoms with Gasteiger partial charge in [0.2, 0.25) is 0 Å². The lowest BCUT2D eigenvalue weighted by atomic mass is 9.72. The van der Waals surface area contributed by atoms with Crippen LogP contribution >= 0.6 is 0 Å². The first kappa shape index (κ1) is 13.8. The summed E-state index contributed by atoms with van der Waals surface area (Å²) in [6, 6.07) is 8.56. The Morgan fingerprint density at radius 2 is 2.00 bits per heavy atom. The minimum absolute atomic E-state index is 0.135. The first-order valence-electron chi connectivity index (χ1n) is 8.50. The Bertz CT molecular complexity index is 704. The van der Waals surface area contributed by atoms with E-state index in [1.807, 2.05) is 24.3 Å². The summed E-state index contributed by atoms with van der Waals surface area (Å²) < 4.78 is 5.98. The molecule has 4 aliphatic heterocycles. The molecule has 1 spiro atoms. The number of fused-ring (bicyclic) bond motifs is 3. The lowest BCUT2D eigenvalue weighted by Gasteiger charge is -2.54. The smallest absolute Gasteiger partial charge is 0.300 e. The fraction of sp³-hybridized carbons (Fsp3) is 0.588. The molecule has 2 atom stereocenters. The molecule has 2 unspecified atom stereocenters. The van der Waals surface area contributed by atoms with Crippen LogP contribution in [0.15, 0.2) is 28.7 Å². The molecule has 2 N–H and O–H groups in total. The molecule has 2 bridgehead atoms. The van der Waals surface area contributed by atoms with Crippen LogP contribution in [-0.2, 0) is 0 Å². The van der Waals surface area contributed by atoms with E-state index >= 15 is 0 Å². The van der Waals surface area contributed by atoms with Crippen LogP contribution in [0, 0.1) is 5.92 Å². The number of hydrogen-bond donors (Lipinski definition) is 1. The van der Waals surface area contributed by atoms with Gasteiger partial charge >= 0.3 is 6.01 Å². The van der Waals surface area contributed by atoms with Crippen molar-refractivity contribution in [2.75, 3.05) is 38.1 Å². The predicted octanol–water partition coefficient (Wildman–Crippen LogP) is 1.29. The molecule has 4 fully saturated rings. The number of likely N-dealkylation sites (N-methyl/N-ethyl adjacent to an activating group) is 1. The van der Waals surface area contributed by atoms with E-state index < -0.39 is 0 Å². The van der Waals surface area contributed by atoms with Crippen LogP contribution in [0.25, 0.3) is 11.1 Å². The number of rotatable bonds is 1. The molecule has 6 heteroatoms. The highest BCUT2D eigenvalue weighted by molar-refractivity contribution is 5.74. The summed E-state index contributed by atoms with van der Waals surface area (Å²) >= 11 is 0. The summed E-state index contributed by atoms with van der Waals surface area (Å²) in [5, 5.41) is 0. The van der Waals surface area contributed by atoms with E-state index in [9.17, 15) is 0 Å². The van der Waals surface area contributed by atoms with Gasteiger partial charge in [-0.15, -0.1) is 0 Å². The molecule has 1 aromatic carbocycles. The fourth-order valence-electron chi connectivity index (χ4n) is 4.86. The van der Waals surface area contributed by atoms with Gasteiger partial charge in [-0.2, -0.15) is 4.98 Å². The maximum Gasteiger partial charge on any atom is 0.300 e. The van der Waals surface area contributed by atoms with E-state index in [2.05, 4.69) is 26.7 Å². The fourth-order valence-corrected chi connectivity index (χ4v) is 4.86. The minimum atomic E-state index is -0.177. The third-order valence-electron chi connectivity index (χ3n) is 6.24. The zero-order valence-corrected chi connectivity index (χ0v) is 13.5. The van der Waals surface area contributed by atoms with E-state index in [-0.39, 0.29) is 11.8 Å². The van der Waals surface area contributed by atoms with Crippen molar-refractivity contribution in [3.63, 3.8) is 0 Å². The van der Waals surface area contributed by atoms with E-state index in [1.165, 1.54) is 25.9 Å². The quantitative estimate of drug-likeness (QED) is 0.856. The molecule has 6 nitrogen and oxygen atoms in total. The van der Waals surface area contributed by atoms with Crippen molar-refractivity contribution >= 4 is 17.1 Å². The molecule has 0 saturated carbocycles. The van der Waals surface area contributed by atoms with Crippen LogP contribution in [0.2, 0.25) is 0 Å². The van der Waals surface area contributed by atoms with Crippen molar-refractivity contribution in [2.45, 2.75) is 24.7 Å². The maximum absolute atomic E-state index is 6.55. The zero-order valence-electron chi connectivity index (χ0n) is 13.5. The van der Waals surface area contributed by atoms with Crippen LogP contribution in [0.4, 0.5) is 6.01 Å². The molecule has 0 radical (unpaired) electrons. The van der Waals surface area contributed by atoms with Gasteiger partial charge in [-0.1, -0.05) is 12.1 Å². The van der Waals surface area contributed by atoms with Gasteiger partial charge in [0.25, 0.3) is 0 Å². The van der Waals surface area contributed by atoms with Gasteiger partial charge in [0.15, 0.2) is 5.58 Å². The van der Waals surface area contributed by atoms with Crippen LogP contribution in [0.5, 0.6) is 0 Å². The number of anilines is 1. The molecule has 2 aromatic rings. The van der Waals surface area contributed by atoms with Crippen LogP contribution in [-0.4, -0.2) is 59.8 Å². The van der Waals surface area contributed by atoms with Gasteiger partial charge < -0.3 is 9.32 Å². The average Bonchev–Trinajstić information content (AvgIpc) is 3.12. The minimum Gasteiger partial charge on any atom is -0.423 e. The highest BCUT2D eigenvalue weighted by Crippen LogP contribution is 2.44. The zero-order chi connectivity index (χ0) is 15.6. The Labute approximate surface area is 135 Å². The van der Waals surface area contributed by atoms with Crippen molar-refractivity contribution in [3.05, 3.63) is 24.3 Å². The van der Waals surface area contributed by atoms with Crippen molar-refractivity contribution in [3.8, 4) is 0 Å². The Kier molecular flexibility index (Phi) is 2.81. The number of benzene rings is 1. The number of piperidine rings is 3. The summed E-state index contributed by atoms with van der Waals surface area (Å²) in [6.45, 7) is 4.48. The number of oxazole rings is 1. The molecular weight excluding hydrogens is 290 g/mol. The molecule has 0 amide bonds. The second-order valence-corrected chi connectivity index (χ2v) is 7.27. The summed E-state index contributed by atoms with van der Waals surface area (Å²) in [6.07, 6.45) is 2.38. The lowest BCUT2D eigenvalue weighted by molar-refractivity contribution is -0.0432. The molecule has 0 aliphatic carbocycles. The monoisotopic (exact) mass is 313 g/mol. The number of hydrogen-bond acceptors (Lipinski definition) is 6. The third kappa shape index (κ3) is 1.83. The predicted molar refractivity (Wildman–Crippen MR) is 89.0 cm³/mol. The topological polar surface area (TPSA) is 61.8 Å². The van der Waals surface area contributed by atoms with Gasteiger partial charge in [-0.05, 0) is 51.0 Å². The third-order valence-corrected chi connectivity index (χ3v) is 6.24. The number of aromatic nitrogens is 1. The van der Waals surface area contributed by atoms with Crippen LogP contribution in [0.1, 0.15) is 12.8 Å². The second-order valence-electron chi connectivity index (χ2n) is 7.27. The van der Waals surface area contributed by atoms with E-state index in [1.54, 1.807) is 0 Å². The Balaban J connectivity index is 1.52. The van der Waals surface area contributed by atoms with E-state index in [0.29, 0.717) is 6.01 Å². The number of para-hydroxylation sites is 2. The molecule has 4 saturated heterocycles. The average molecular weight is 313 g/mol. The Morgan fingerprint density at radius 3 is 2.70 bits per heavy atom. The van der Waals surface area contributed by atoms with Crippen LogP contribution < -0.4 is 10.6 Å². The molecule has 1 aromatic heterocycles. The molecule has 122 valence electrons. The summed E-state index contributed by atoms with van der Waals surface area (Å²) in [4.78, 5) is 11.7. The normalized spacial score (nSPS) is 37.3. The molecule has 4 aliphatic rings. The highest BCUT2D eigenvalue weighted by atomic mass is 16.4. The number of nitrogens with two attached hydrogens (primary N) is 1. The first-order valence-corrected chi connectivity index (χ1v) is 8.50. The van der Waals surface area contributed by atoms with Gasteiger partial charge in [0, 0.05) is 13.1 Å². The molecule has 23 heavy (non-hydrogen) atoms. The van der Waals surface area contributed by atoms with Crippen molar-refractivity contribution in [1.82, 2.24) is 14.8 Å². The van der Waals surface area contributed by atoms with Crippen molar-refractivity contribution in [1.29, 1.82) is 0 Å². The molecule has 6 rings (SSSR count). The SMILES string of the molecule is CN1C(N)N(c2nc3ccccc3o2)CC12CN1CCC2CC1. The van der Waals surface area contributed by atoms with Gasteiger partial charge in [-0.3, -0.25) is 15.5 Å². The van der Waals surface area contributed by atoms with E-state index in [4.69, 9.17) is 10.2 Å². The maximum atomic E-state index is 6.55. The van der Waals surface area contributed by atoms with Gasteiger partial charge in [0.05, 0.1) is 5.54 Å². The summed E-state index contributed by atoms with van der Waals surface area (Å²) in [5.41, 5.74) is 8.40. The Morgan fingerprint density at radius 1 is 1.22 bits per heavy atom. The van der Waals surface area contributed by atoms with Gasteiger partial charge in [0.1, 0.15) is 11.8 Å². The lowest BCUT2D eigenvalue weighted by Crippen LogP contribution is -2.66. The molecular formula is C17H23N5O. The standard InChI is InChI=1S/C17H23N5O/c1-20-15(18)22(16-19-13-4-2-3-5-14(13)23-16)11-17(20)10-21-8-6-12(17)7-9-21/h2-5,12,15H,6-11,18H2,1H3. The highest BCUT2D eigenvalue weighted by Gasteiger charge is 2.56. The first-order chi connectivity index (χ1) is 11.2. The summed E-state index contributed by atoms with van der Waals surface area (Å²) in [5.74, 6) is 0.720. The molecule has 5 heterocycles. The largest absolute Gasteiger partial charge is 0.423 e.